The summed E-state index contributed by atoms with van der Waals surface area (Å²) in [5, 5.41) is 2.35. The van der Waals surface area contributed by atoms with Gasteiger partial charge in [-0.2, -0.15) is 0 Å². The van der Waals surface area contributed by atoms with Crippen LogP contribution in [0, 0.1) is 11.7 Å². The van der Waals surface area contributed by atoms with Gasteiger partial charge >= 0.3 is 0 Å². The summed E-state index contributed by atoms with van der Waals surface area (Å²) in [6.07, 6.45) is 6.60. The Morgan fingerprint density at radius 1 is 1.08 bits per heavy atom. The summed E-state index contributed by atoms with van der Waals surface area (Å²) in [5.41, 5.74) is 0. The van der Waals surface area contributed by atoms with Crippen molar-refractivity contribution in [2.75, 3.05) is 13.3 Å². The Morgan fingerprint density at radius 2 is 1.15 bits per heavy atom. The molecule has 0 heterocycles. The second-order valence-corrected chi connectivity index (χ2v) is 1.28. The lowest BCUT2D eigenvalue weighted by molar-refractivity contribution is 1.49. The lowest BCUT2D eigenvalue weighted by atomic mass is 11.0. The van der Waals surface area contributed by atoms with Gasteiger partial charge < -0.3 is 4.99 Å². The highest BCUT2D eigenvalue weighted by molar-refractivity contribution is 8.03. The fraction of sp³-hybridized carbons (Fsp3) is 0.727. The van der Waals surface area contributed by atoms with Crippen LogP contribution in [0.25, 0.3) is 0 Å². The van der Waals surface area contributed by atoms with Crippen LogP contribution < -0.4 is 0 Å². The lowest BCUT2D eigenvalue weighted by Crippen LogP contribution is -1.27. The van der Waals surface area contributed by atoms with E-state index in [0.29, 0.717) is 0 Å². The van der Waals surface area contributed by atoms with Gasteiger partial charge in [-0.25, -0.2) is 0 Å². The quantitative estimate of drug-likeness (QED) is 0.423. The number of nitrogens with zero attached hydrogens (tertiary/aromatic N) is 1. The van der Waals surface area contributed by atoms with Crippen molar-refractivity contribution in [3.8, 4) is 11.7 Å². The van der Waals surface area contributed by atoms with Crippen LogP contribution in [0.4, 0.5) is 0 Å². The van der Waals surface area contributed by atoms with E-state index in [4.69, 9.17) is 6.42 Å². The summed E-state index contributed by atoms with van der Waals surface area (Å²) in [7, 11) is 1.64. The summed E-state index contributed by atoms with van der Waals surface area (Å²) in [6, 6.07) is 0. The summed E-state index contributed by atoms with van der Waals surface area (Å²) >= 11 is 1.38. The number of terminal acetylenes is 1. The third kappa shape index (κ3) is 3160. The molecule has 0 atom stereocenters. The molecule has 0 N–H and O–H groups in total. The van der Waals surface area contributed by atoms with E-state index < -0.39 is 0 Å². The maximum Gasteiger partial charge on any atom is 0.0269 e. The molecule has 0 amide bonds. The predicted octanol–water partition coefficient (Wildman–Crippen LogP) is 4.34. The van der Waals surface area contributed by atoms with Gasteiger partial charge in [-0.05, 0) is 18.2 Å². The molecule has 0 rings (SSSR count). The zero-order chi connectivity index (χ0) is 12.1. The van der Waals surface area contributed by atoms with E-state index in [1.165, 1.54) is 11.8 Å². The smallest absolute Gasteiger partial charge is 0.0269 e. The topological polar surface area (TPSA) is 12.4 Å². The minimum atomic E-state index is 1.38. The highest BCUT2D eigenvalue weighted by Crippen LogP contribution is 1.78. The van der Waals surface area contributed by atoms with Crippen molar-refractivity contribution < 1.29 is 0 Å². The van der Waals surface area contributed by atoms with Crippen molar-refractivity contribution in [3.05, 3.63) is 0 Å². The van der Waals surface area contributed by atoms with Gasteiger partial charge in [0.05, 0.1) is 0 Å². The van der Waals surface area contributed by atoms with Gasteiger partial charge in [-0.15, -0.1) is 6.42 Å². The van der Waals surface area contributed by atoms with Crippen molar-refractivity contribution >= 4 is 18.5 Å². The number of thioether (sulfide) groups is 1. The third-order valence-corrected chi connectivity index (χ3v) is 0.354. The Labute approximate surface area is 90.4 Å². The molecule has 0 aliphatic rings. The predicted molar refractivity (Wildman–Crippen MR) is 71.9 cm³/mol. The fourth-order valence-electron chi connectivity index (χ4n) is 0. The maximum absolute atomic E-state index is 4.74. The van der Waals surface area contributed by atoms with Gasteiger partial charge in [0.25, 0.3) is 0 Å². The van der Waals surface area contributed by atoms with E-state index >= 15 is 0 Å². The molecule has 13 heavy (non-hydrogen) atoms. The van der Waals surface area contributed by atoms with E-state index in [-0.39, 0.29) is 0 Å². The standard InChI is InChI=1S/C3H4S.C2H5N.3C2H6/c1-3-4-2;1-3-2;3*1-2/h1H,2H3;1H2,2H3;3*1-2H3. The van der Waals surface area contributed by atoms with Crippen molar-refractivity contribution in [2.45, 2.75) is 41.5 Å². The summed E-state index contributed by atoms with van der Waals surface area (Å²) < 4.78 is 0. The molecule has 0 aromatic carbocycles. The molecule has 0 aliphatic carbocycles. The molecule has 0 radical (unpaired) electrons. The van der Waals surface area contributed by atoms with Crippen LogP contribution in [0.15, 0.2) is 4.99 Å². The van der Waals surface area contributed by atoms with E-state index in [1.54, 1.807) is 7.05 Å². The largest absolute Gasteiger partial charge is 0.304 e. The highest BCUT2D eigenvalue weighted by atomic mass is 32.2. The average molecular weight is 205 g/mol. The molecule has 0 aromatic rings. The van der Waals surface area contributed by atoms with E-state index in [2.05, 4.69) is 17.0 Å². The fourth-order valence-corrected chi connectivity index (χ4v) is 0. The van der Waals surface area contributed by atoms with Gasteiger partial charge in [-0.3, -0.25) is 0 Å². The molecule has 0 bridgehead atoms. The zero-order valence-electron chi connectivity index (χ0n) is 10.6. The highest BCUT2D eigenvalue weighted by Gasteiger charge is 1.43. The average Bonchev–Trinajstić information content (AvgIpc) is 2.27. The van der Waals surface area contributed by atoms with Crippen molar-refractivity contribution in [1.82, 2.24) is 0 Å². The molecule has 1 nitrogen and oxygen atoms in total. The first-order valence-corrected chi connectivity index (χ1v) is 5.89. The number of aliphatic imine (C=N–C) groups is 1. The second-order valence-electron chi connectivity index (χ2n) is 0.638. The normalized spacial score (nSPS) is 3.92. The summed E-state index contributed by atoms with van der Waals surface area (Å²) in [6.45, 7) is 15.1. The minimum Gasteiger partial charge on any atom is -0.304 e. The van der Waals surface area contributed by atoms with E-state index in [9.17, 15) is 0 Å². The monoisotopic (exact) mass is 205 g/mol. The van der Waals surface area contributed by atoms with Crippen LogP contribution in [-0.2, 0) is 0 Å². The summed E-state index contributed by atoms with van der Waals surface area (Å²) in [4.78, 5) is 3.25. The first-order valence-electron chi connectivity index (χ1n) is 4.66. The van der Waals surface area contributed by atoms with Crippen LogP contribution in [-0.4, -0.2) is 20.0 Å². The second kappa shape index (κ2) is 195. The van der Waals surface area contributed by atoms with Crippen LogP contribution in [0.2, 0.25) is 0 Å². The molecule has 0 fully saturated rings. The van der Waals surface area contributed by atoms with Crippen LogP contribution >= 0.6 is 11.8 Å². The van der Waals surface area contributed by atoms with Crippen LogP contribution in [0.5, 0.6) is 0 Å². The van der Waals surface area contributed by atoms with Gasteiger partial charge in [0.1, 0.15) is 0 Å². The molecule has 0 aliphatic heterocycles. The molecule has 2 heteroatoms. The van der Waals surface area contributed by atoms with Gasteiger partial charge in [-0.1, -0.05) is 53.3 Å². The number of hydrogen-bond acceptors (Lipinski definition) is 2. The van der Waals surface area contributed by atoms with E-state index in [0.717, 1.165) is 0 Å². The Morgan fingerprint density at radius 3 is 1.15 bits per heavy atom. The maximum atomic E-state index is 4.74. The Kier molecular flexibility index (Phi) is 440. The molecular formula is C11H27NS. The zero-order valence-corrected chi connectivity index (χ0v) is 11.5. The molecule has 0 spiro atoms. The van der Waals surface area contributed by atoms with E-state index in [1.807, 2.05) is 47.8 Å². The molecule has 0 saturated carbocycles. The van der Waals surface area contributed by atoms with Crippen molar-refractivity contribution in [1.29, 1.82) is 0 Å². The van der Waals surface area contributed by atoms with Crippen LogP contribution in [0.3, 0.4) is 0 Å². The molecule has 82 valence electrons. The molecular weight excluding hydrogens is 178 g/mol. The van der Waals surface area contributed by atoms with Crippen molar-refractivity contribution in [2.24, 2.45) is 4.99 Å². The Bertz CT molecular complexity index is 65.0. The number of rotatable bonds is 0. The minimum absolute atomic E-state index is 1.38. The number of hydrogen-bond donors (Lipinski definition) is 0. The summed E-state index contributed by atoms with van der Waals surface area (Å²) in [5.74, 6) is 0. The van der Waals surface area contributed by atoms with Crippen LogP contribution in [0.1, 0.15) is 41.5 Å². The Hall–Kier alpha value is -0.420. The molecule has 0 aromatic heterocycles. The SMILES string of the molecule is C#CSC.C=NC.CC.CC.CC. The van der Waals surface area contributed by atoms with Crippen molar-refractivity contribution in [3.63, 3.8) is 0 Å². The molecule has 0 unspecified atom stereocenters. The third-order valence-electron chi connectivity index (χ3n) is 0.118. The Balaban J connectivity index is -0.0000000215. The first kappa shape index (κ1) is 29.4. The molecule has 0 saturated heterocycles. The van der Waals surface area contributed by atoms with Gasteiger partial charge in [0, 0.05) is 7.05 Å². The van der Waals surface area contributed by atoms with Gasteiger partial charge in [0.15, 0.2) is 0 Å². The first-order chi connectivity index (χ1) is 6.33. The van der Waals surface area contributed by atoms with Gasteiger partial charge in [0.2, 0.25) is 0 Å². The lowest BCUT2D eigenvalue weighted by Gasteiger charge is -1.53.